The number of rotatable bonds is 4. The number of carbonyl (C=O) groups excluding carboxylic acids is 1. The fraction of sp³-hybridized carbons (Fsp3) is 0.278. The van der Waals surface area contributed by atoms with Gasteiger partial charge in [0.25, 0.3) is 5.91 Å². The van der Waals surface area contributed by atoms with Gasteiger partial charge in [-0.2, -0.15) is 0 Å². The van der Waals surface area contributed by atoms with Crippen LogP contribution in [0.4, 0.5) is 0 Å². The van der Waals surface area contributed by atoms with Crippen molar-refractivity contribution in [2.24, 2.45) is 5.41 Å². The van der Waals surface area contributed by atoms with Crippen LogP contribution in [0.5, 0.6) is 11.6 Å². The highest BCUT2D eigenvalue weighted by molar-refractivity contribution is 5.95. The Morgan fingerprint density at radius 2 is 1.96 bits per heavy atom. The van der Waals surface area contributed by atoms with Crippen LogP contribution in [0.25, 0.3) is 0 Å². The molecular weight excluding hydrogens is 308 g/mol. The minimum absolute atomic E-state index is 0.163. The number of carboxylic acid groups (broad SMARTS) is 1. The van der Waals surface area contributed by atoms with Gasteiger partial charge in [-0.3, -0.25) is 9.59 Å². The molecule has 1 unspecified atom stereocenters. The van der Waals surface area contributed by atoms with Gasteiger partial charge in [-0.25, -0.2) is 4.98 Å². The summed E-state index contributed by atoms with van der Waals surface area (Å²) in [5.41, 5.74) is -0.351. The lowest BCUT2D eigenvalue weighted by Gasteiger charge is -2.20. The highest BCUT2D eigenvalue weighted by Gasteiger charge is 2.42. The average molecular weight is 326 g/mol. The standard InChI is InChI=1S/C18H18N2O4/c1-18(17(22)23)9-11-20(12-18)16(21)13-5-7-14(8-6-13)24-15-4-2-3-10-19-15/h2-8,10H,9,11-12H2,1H3,(H,22,23). The summed E-state index contributed by atoms with van der Waals surface area (Å²) in [6.45, 7) is 2.35. The van der Waals surface area contributed by atoms with E-state index in [1.54, 1.807) is 54.4 Å². The largest absolute Gasteiger partial charge is 0.481 e. The number of nitrogens with zero attached hydrogens (tertiary/aromatic N) is 2. The van der Waals surface area contributed by atoms with Gasteiger partial charge in [0, 0.05) is 30.9 Å². The van der Waals surface area contributed by atoms with Crippen LogP contribution in [0.1, 0.15) is 23.7 Å². The van der Waals surface area contributed by atoms with Crippen molar-refractivity contribution in [2.45, 2.75) is 13.3 Å². The Bertz CT molecular complexity index is 745. The molecule has 1 aromatic heterocycles. The maximum absolute atomic E-state index is 12.5. The third-order valence-corrected chi connectivity index (χ3v) is 4.24. The first kappa shape index (κ1) is 16.0. The third-order valence-electron chi connectivity index (χ3n) is 4.24. The normalized spacial score (nSPS) is 20.0. The molecule has 1 aromatic carbocycles. The molecule has 0 saturated carbocycles. The van der Waals surface area contributed by atoms with Crippen LogP contribution >= 0.6 is 0 Å². The molecule has 0 aliphatic carbocycles. The van der Waals surface area contributed by atoms with E-state index < -0.39 is 11.4 Å². The second kappa shape index (κ2) is 6.31. The van der Waals surface area contributed by atoms with Gasteiger partial charge in [-0.05, 0) is 43.7 Å². The summed E-state index contributed by atoms with van der Waals surface area (Å²) in [5, 5.41) is 9.26. The van der Waals surface area contributed by atoms with Gasteiger partial charge in [0.2, 0.25) is 5.88 Å². The Balaban J connectivity index is 1.67. The maximum atomic E-state index is 12.5. The van der Waals surface area contributed by atoms with Crippen molar-refractivity contribution >= 4 is 11.9 Å². The molecule has 1 saturated heterocycles. The molecule has 0 bridgehead atoms. The Morgan fingerprint density at radius 3 is 2.54 bits per heavy atom. The van der Waals surface area contributed by atoms with E-state index in [1.165, 1.54) is 0 Å². The Morgan fingerprint density at radius 1 is 1.21 bits per heavy atom. The molecule has 24 heavy (non-hydrogen) atoms. The van der Waals surface area contributed by atoms with E-state index in [-0.39, 0.29) is 12.5 Å². The summed E-state index contributed by atoms with van der Waals surface area (Å²) in [5.74, 6) is 0.0386. The second-order valence-electron chi connectivity index (χ2n) is 6.14. The number of likely N-dealkylation sites (tertiary alicyclic amines) is 1. The zero-order valence-electron chi connectivity index (χ0n) is 13.3. The number of hydrogen-bond donors (Lipinski definition) is 1. The van der Waals surface area contributed by atoms with E-state index in [2.05, 4.69) is 4.98 Å². The summed E-state index contributed by atoms with van der Waals surface area (Å²) in [6.07, 6.45) is 2.11. The van der Waals surface area contributed by atoms with Gasteiger partial charge in [0.15, 0.2) is 0 Å². The number of pyridine rings is 1. The molecule has 2 aromatic rings. The summed E-state index contributed by atoms with van der Waals surface area (Å²) in [7, 11) is 0. The van der Waals surface area contributed by atoms with Crippen LogP contribution in [0, 0.1) is 5.41 Å². The van der Waals surface area contributed by atoms with E-state index in [9.17, 15) is 14.7 Å². The Hall–Kier alpha value is -2.89. The zero-order chi connectivity index (χ0) is 17.2. The van der Waals surface area contributed by atoms with Crippen LogP contribution in [0.3, 0.4) is 0 Å². The molecule has 6 nitrogen and oxygen atoms in total. The molecule has 124 valence electrons. The van der Waals surface area contributed by atoms with Crippen LogP contribution in [0.2, 0.25) is 0 Å². The summed E-state index contributed by atoms with van der Waals surface area (Å²) in [6, 6.07) is 12.1. The minimum atomic E-state index is -0.864. The molecule has 1 atom stereocenters. The summed E-state index contributed by atoms with van der Waals surface area (Å²) >= 11 is 0. The smallest absolute Gasteiger partial charge is 0.311 e. The minimum Gasteiger partial charge on any atom is -0.481 e. The van der Waals surface area contributed by atoms with Gasteiger partial charge in [-0.1, -0.05) is 6.07 Å². The van der Waals surface area contributed by atoms with Crippen molar-refractivity contribution in [3.05, 3.63) is 54.2 Å². The quantitative estimate of drug-likeness (QED) is 0.934. The molecular formula is C18H18N2O4. The molecule has 0 radical (unpaired) electrons. The van der Waals surface area contributed by atoms with Crippen molar-refractivity contribution in [1.29, 1.82) is 0 Å². The number of aliphatic carboxylic acids is 1. The van der Waals surface area contributed by atoms with Crippen LogP contribution in [-0.4, -0.2) is 40.0 Å². The van der Waals surface area contributed by atoms with E-state index in [0.29, 0.717) is 30.2 Å². The molecule has 1 N–H and O–H groups in total. The number of amides is 1. The number of carbonyl (C=O) groups is 2. The van der Waals surface area contributed by atoms with Gasteiger partial charge in [0.1, 0.15) is 5.75 Å². The van der Waals surface area contributed by atoms with E-state index in [0.717, 1.165) is 0 Å². The van der Waals surface area contributed by atoms with Crippen molar-refractivity contribution < 1.29 is 19.4 Å². The number of aromatic nitrogens is 1. The van der Waals surface area contributed by atoms with Crippen LogP contribution in [0.15, 0.2) is 48.7 Å². The third kappa shape index (κ3) is 3.22. The van der Waals surface area contributed by atoms with E-state index >= 15 is 0 Å². The summed E-state index contributed by atoms with van der Waals surface area (Å²) < 4.78 is 5.59. The number of benzene rings is 1. The zero-order valence-corrected chi connectivity index (χ0v) is 13.3. The van der Waals surface area contributed by atoms with Crippen LogP contribution < -0.4 is 4.74 Å². The lowest BCUT2D eigenvalue weighted by Crippen LogP contribution is -2.34. The van der Waals surface area contributed by atoms with Crippen molar-refractivity contribution in [2.75, 3.05) is 13.1 Å². The van der Waals surface area contributed by atoms with Gasteiger partial charge in [0.05, 0.1) is 5.41 Å². The number of hydrogen-bond acceptors (Lipinski definition) is 4. The monoisotopic (exact) mass is 326 g/mol. The van der Waals surface area contributed by atoms with E-state index in [1.807, 2.05) is 6.07 Å². The molecule has 2 heterocycles. The number of ether oxygens (including phenoxy) is 1. The number of carboxylic acids is 1. The highest BCUT2D eigenvalue weighted by Crippen LogP contribution is 2.31. The van der Waals surface area contributed by atoms with Crippen molar-refractivity contribution in [1.82, 2.24) is 9.88 Å². The van der Waals surface area contributed by atoms with Crippen LogP contribution in [-0.2, 0) is 4.79 Å². The Labute approximate surface area is 139 Å². The highest BCUT2D eigenvalue weighted by atomic mass is 16.5. The first-order valence-corrected chi connectivity index (χ1v) is 7.70. The van der Waals surface area contributed by atoms with Gasteiger partial charge < -0.3 is 14.7 Å². The fourth-order valence-corrected chi connectivity index (χ4v) is 2.69. The summed E-state index contributed by atoms with van der Waals surface area (Å²) in [4.78, 5) is 29.5. The SMILES string of the molecule is CC1(C(=O)O)CCN(C(=O)c2ccc(Oc3ccccn3)cc2)C1. The molecule has 3 rings (SSSR count). The lowest BCUT2D eigenvalue weighted by atomic mass is 9.90. The van der Waals surface area contributed by atoms with Crippen molar-refractivity contribution in [3.63, 3.8) is 0 Å². The fourth-order valence-electron chi connectivity index (χ4n) is 2.69. The van der Waals surface area contributed by atoms with Crippen molar-refractivity contribution in [3.8, 4) is 11.6 Å². The first-order chi connectivity index (χ1) is 11.5. The topological polar surface area (TPSA) is 79.7 Å². The maximum Gasteiger partial charge on any atom is 0.311 e. The Kier molecular flexibility index (Phi) is 4.20. The first-order valence-electron chi connectivity index (χ1n) is 7.70. The van der Waals surface area contributed by atoms with E-state index in [4.69, 9.17) is 4.74 Å². The molecule has 1 fully saturated rings. The average Bonchev–Trinajstić information content (AvgIpc) is 3.00. The molecule has 6 heteroatoms. The lowest BCUT2D eigenvalue weighted by molar-refractivity contribution is -0.147. The molecule has 1 aliphatic heterocycles. The predicted molar refractivity (Wildman–Crippen MR) is 87.0 cm³/mol. The molecule has 1 aliphatic rings. The molecule has 0 spiro atoms. The second-order valence-corrected chi connectivity index (χ2v) is 6.14. The molecule has 1 amide bonds. The van der Waals surface area contributed by atoms with Gasteiger partial charge >= 0.3 is 5.97 Å². The van der Waals surface area contributed by atoms with Gasteiger partial charge in [-0.15, -0.1) is 0 Å². The predicted octanol–water partition coefficient (Wildman–Crippen LogP) is 2.81.